The Hall–Kier alpha value is -1.59. The van der Waals surface area contributed by atoms with Crippen LogP contribution in [0.25, 0.3) is 0 Å². The summed E-state index contributed by atoms with van der Waals surface area (Å²) >= 11 is 0. The van der Waals surface area contributed by atoms with Crippen LogP contribution in [0.2, 0.25) is 0 Å². The zero-order chi connectivity index (χ0) is 18.4. The molecule has 2 atom stereocenters. The van der Waals surface area contributed by atoms with E-state index >= 15 is 0 Å². The second kappa shape index (κ2) is 8.31. The number of carbonyl (C=O) groups excluding carboxylic acids is 3. The van der Waals surface area contributed by atoms with Gasteiger partial charge in [-0.25, -0.2) is 4.79 Å². The van der Waals surface area contributed by atoms with Crippen molar-refractivity contribution in [2.75, 3.05) is 0 Å². The normalized spacial score (nSPS) is 14.6. The molecular weight excluding hydrogens is 298 g/mol. The van der Waals surface area contributed by atoms with Crippen molar-refractivity contribution in [1.82, 2.24) is 5.32 Å². The molecule has 1 amide bonds. The molecular formula is C17H31NO5. The first-order valence-corrected chi connectivity index (χ1v) is 7.99. The minimum absolute atomic E-state index is 0.113. The first kappa shape index (κ1) is 21.4. The van der Waals surface area contributed by atoms with E-state index in [2.05, 4.69) is 5.32 Å². The lowest BCUT2D eigenvalue weighted by Crippen LogP contribution is -2.47. The Labute approximate surface area is 139 Å². The van der Waals surface area contributed by atoms with Crippen molar-refractivity contribution in [2.24, 2.45) is 5.92 Å². The fourth-order valence-electron chi connectivity index (χ4n) is 1.84. The molecule has 0 saturated carbocycles. The van der Waals surface area contributed by atoms with E-state index in [1.165, 1.54) is 0 Å². The number of nitrogens with one attached hydrogen (secondary N) is 1. The predicted octanol–water partition coefficient (Wildman–Crippen LogP) is 3.23. The topological polar surface area (TPSA) is 81.7 Å². The second-order valence-corrected chi connectivity index (χ2v) is 7.74. The summed E-state index contributed by atoms with van der Waals surface area (Å²) < 4.78 is 10.3. The summed E-state index contributed by atoms with van der Waals surface area (Å²) in [6.07, 6.45) is -0.358. The van der Waals surface area contributed by atoms with Gasteiger partial charge < -0.3 is 14.8 Å². The summed E-state index contributed by atoms with van der Waals surface area (Å²) in [5.74, 6) is -1.08. The van der Waals surface area contributed by atoms with Gasteiger partial charge >= 0.3 is 12.1 Å². The van der Waals surface area contributed by atoms with Crippen molar-refractivity contribution in [3.63, 3.8) is 0 Å². The number of amides is 1. The minimum Gasteiger partial charge on any atom is -0.460 e. The van der Waals surface area contributed by atoms with Crippen molar-refractivity contribution >= 4 is 17.8 Å². The lowest BCUT2D eigenvalue weighted by atomic mass is 9.94. The largest absolute Gasteiger partial charge is 0.460 e. The van der Waals surface area contributed by atoms with Crippen LogP contribution >= 0.6 is 0 Å². The van der Waals surface area contributed by atoms with E-state index < -0.39 is 29.3 Å². The Kier molecular flexibility index (Phi) is 7.74. The van der Waals surface area contributed by atoms with Gasteiger partial charge in [-0.3, -0.25) is 9.59 Å². The predicted molar refractivity (Wildman–Crippen MR) is 88.1 cm³/mol. The Morgan fingerprint density at radius 3 is 1.83 bits per heavy atom. The highest BCUT2D eigenvalue weighted by molar-refractivity contribution is 5.99. The number of alkyl carbamates (subject to hydrolysis) is 1. The van der Waals surface area contributed by atoms with Gasteiger partial charge in [0.05, 0.1) is 6.04 Å². The van der Waals surface area contributed by atoms with Crippen molar-refractivity contribution in [2.45, 2.75) is 85.5 Å². The summed E-state index contributed by atoms with van der Waals surface area (Å²) in [6.45, 7) is 14.2. The van der Waals surface area contributed by atoms with Crippen LogP contribution in [0.15, 0.2) is 0 Å². The number of ether oxygens (including phenoxy) is 2. The Morgan fingerprint density at radius 1 is 0.957 bits per heavy atom. The molecule has 134 valence electrons. The van der Waals surface area contributed by atoms with E-state index in [1.807, 2.05) is 13.8 Å². The number of esters is 1. The summed E-state index contributed by atoms with van der Waals surface area (Å²) in [4.78, 5) is 36.1. The zero-order valence-corrected chi connectivity index (χ0v) is 15.6. The highest BCUT2D eigenvalue weighted by Gasteiger charge is 2.30. The fourth-order valence-corrected chi connectivity index (χ4v) is 1.84. The van der Waals surface area contributed by atoms with Gasteiger partial charge in [0.15, 0.2) is 5.78 Å². The number of Topliss-reactive ketones (excluding diaryl/α,β-unsaturated/α-hetero) is 1. The maximum atomic E-state index is 12.4. The average molecular weight is 329 g/mol. The smallest absolute Gasteiger partial charge is 0.408 e. The SMILES string of the molecule is CC[C@H](C)[C@H](NC(=O)OC(C)(C)C)C(=O)CC(=O)OC(C)(C)C. The molecule has 0 aromatic carbocycles. The van der Waals surface area contributed by atoms with Crippen LogP contribution in [0.5, 0.6) is 0 Å². The monoisotopic (exact) mass is 329 g/mol. The molecule has 0 radical (unpaired) electrons. The molecule has 0 fully saturated rings. The third-order valence-corrected chi connectivity index (χ3v) is 2.97. The van der Waals surface area contributed by atoms with Gasteiger partial charge in [0.25, 0.3) is 0 Å². The lowest BCUT2D eigenvalue weighted by Gasteiger charge is -2.26. The van der Waals surface area contributed by atoms with Crippen LogP contribution in [0.3, 0.4) is 0 Å². The highest BCUT2D eigenvalue weighted by Crippen LogP contribution is 2.15. The molecule has 0 rings (SSSR count). The first-order chi connectivity index (χ1) is 10.2. The Balaban J connectivity index is 4.87. The number of hydrogen-bond acceptors (Lipinski definition) is 5. The van der Waals surface area contributed by atoms with E-state index in [0.717, 1.165) is 0 Å². The molecule has 0 aliphatic heterocycles. The van der Waals surface area contributed by atoms with Crippen molar-refractivity contribution in [1.29, 1.82) is 0 Å². The molecule has 1 N–H and O–H groups in total. The third kappa shape index (κ3) is 9.92. The van der Waals surface area contributed by atoms with Gasteiger partial charge in [-0.05, 0) is 47.5 Å². The van der Waals surface area contributed by atoms with Gasteiger partial charge in [-0.1, -0.05) is 20.3 Å². The van der Waals surface area contributed by atoms with Crippen LogP contribution in [0.4, 0.5) is 4.79 Å². The minimum atomic E-state index is -0.776. The van der Waals surface area contributed by atoms with Gasteiger partial charge in [0, 0.05) is 0 Å². The molecule has 0 heterocycles. The summed E-state index contributed by atoms with van der Waals surface area (Å²) in [5.41, 5.74) is -1.31. The molecule has 0 aromatic heterocycles. The van der Waals surface area contributed by atoms with E-state index in [9.17, 15) is 14.4 Å². The van der Waals surface area contributed by atoms with Crippen LogP contribution < -0.4 is 5.32 Å². The molecule has 0 aliphatic carbocycles. The molecule has 0 saturated heterocycles. The quantitative estimate of drug-likeness (QED) is 0.597. The van der Waals surface area contributed by atoms with Crippen molar-refractivity contribution in [3.8, 4) is 0 Å². The molecule has 0 aromatic rings. The molecule has 6 heteroatoms. The third-order valence-electron chi connectivity index (χ3n) is 2.97. The van der Waals surface area contributed by atoms with Crippen LogP contribution in [-0.2, 0) is 19.1 Å². The summed E-state index contributed by atoms with van der Waals surface area (Å²) in [6, 6.07) is -0.776. The van der Waals surface area contributed by atoms with Crippen LogP contribution in [-0.4, -0.2) is 35.1 Å². The van der Waals surface area contributed by atoms with E-state index in [0.29, 0.717) is 6.42 Å². The molecule has 0 unspecified atom stereocenters. The van der Waals surface area contributed by atoms with Gasteiger partial charge in [0.2, 0.25) is 0 Å². The van der Waals surface area contributed by atoms with Crippen molar-refractivity contribution in [3.05, 3.63) is 0 Å². The second-order valence-electron chi connectivity index (χ2n) is 7.74. The number of rotatable bonds is 6. The molecule has 23 heavy (non-hydrogen) atoms. The van der Waals surface area contributed by atoms with Crippen molar-refractivity contribution < 1.29 is 23.9 Å². The van der Waals surface area contributed by atoms with Gasteiger partial charge in [-0.2, -0.15) is 0 Å². The van der Waals surface area contributed by atoms with Crippen LogP contribution in [0.1, 0.15) is 68.2 Å². The maximum absolute atomic E-state index is 12.4. The van der Waals surface area contributed by atoms with Gasteiger partial charge in [0.1, 0.15) is 17.6 Å². The van der Waals surface area contributed by atoms with E-state index in [-0.39, 0.29) is 18.1 Å². The van der Waals surface area contributed by atoms with Gasteiger partial charge in [-0.15, -0.1) is 0 Å². The number of hydrogen-bond donors (Lipinski definition) is 1. The summed E-state index contributed by atoms with van der Waals surface area (Å²) in [7, 11) is 0. The molecule has 0 aliphatic rings. The first-order valence-electron chi connectivity index (χ1n) is 7.99. The highest BCUT2D eigenvalue weighted by atomic mass is 16.6. The molecule has 0 bridgehead atoms. The summed E-state index contributed by atoms with van der Waals surface area (Å²) in [5, 5.41) is 2.57. The zero-order valence-electron chi connectivity index (χ0n) is 15.6. The maximum Gasteiger partial charge on any atom is 0.408 e. The average Bonchev–Trinajstić information content (AvgIpc) is 2.30. The number of ketones is 1. The van der Waals surface area contributed by atoms with E-state index in [4.69, 9.17) is 9.47 Å². The standard InChI is InChI=1S/C17H31NO5/c1-9-11(2)14(18-15(21)23-17(6,7)8)12(19)10-13(20)22-16(3,4)5/h11,14H,9-10H2,1-8H3,(H,18,21)/t11-,14-/m0/s1. The van der Waals surface area contributed by atoms with Crippen LogP contribution in [0, 0.1) is 5.92 Å². The Bertz CT molecular complexity index is 431. The lowest BCUT2D eigenvalue weighted by molar-refractivity contribution is -0.156. The molecule has 0 spiro atoms. The molecule has 6 nitrogen and oxygen atoms in total. The van der Waals surface area contributed by atoms with E-state index in [1.54, 1.807) is 41.5 Å². The fraction of sp³-hybridized carbons (Fsp3) is 0.824. The number of carbonyl (C=O) groups is 3. The Morgan fingerprint density at radius 2 is 1.43 bits per heavy atom.